The maximum absolute atomic E-state index is 12.9. The van der Waals surface area contributed by atoms with Gasteiger partial charge in [-0.2, -0.15) is 4.31 Å². The lowest BCUT2D eigenvalue weighted by atomic mass is 10.1. The van der Waals surface area contributed by atoms with Crippen LogP contribution in [0.5, 0.6) is 5.75 Å². The number of methoxy groups -OCH3 is 1. The summed E-state index contributed by atoms with van der Waals surface area (Å²) in [5.41, 5.74) is 5.38. The highest BCUT2D eigenvalue weighted by Crippen LogP contribution is 2.33. The van der Waals surface area contributed by atoms with Crippen LogP contribution in [0.3, 0.4) is 0 Å². The maximum Gasteiger partial charge on any atom is 0.271 e. The lowest BCUT2D eigenvalue weighted by Crippen LogP contribution is -2.47. The minimum Gasteiger partial charge on any atom is -0.495 e. The highest BCUT2D eigenvalue weighted by Gasteiger charge is 2.35. The number of non-ortho nitro benzene ring substituents is 1. The Bertz CT molecular complexity index is 662. The molecule has 0 radical (unpaired) electrons. The van der Waals surface area contributed by atoms with Crippen molar-refractivity contribution in [1.82, 2.24) is 4.31 Å². The third-order valence-electron chi connectivity index (χ3n) is 3.79. The predicted octanol–water partition coefficient (Wildman–Crippen LogP) is 1.11. The molecule has 1 fully saturated rings. The molecule has 0 spiro atoms. The first-order valence-corrected chi connectivity index (χ1v) is 8.40. The third kappa shape index (κ3) is 3.06. The van der Waals surface area contributed by atoms with Gasteiger partial charge in [-0.3, -0.25) is 10.1 Å². The molecular formula is C13H19N3O5S. The van der Waals surface area contributed by atoms with Crippen LogP contribution < -0.4 is 10.5 Å². The third-order valence-corrected chi connectivity index (χ3v) is 5.76. The lowest BCUT2D eigenvalue weighted by molar-refractivity contribution is -0.385. The van der Waals surface area contributed by atoms with Crippen molar-refractivity contribution in [2.24, 2.45) is 5.73 Å². The average Bonchev–Trinajstić information content (AvgIpc) is 2.53. The van der Waals surface area contributed by atoms with Gasteiger partial charge in [0, 0.05) is 31.3 Å². The number of piperidine rings is 1. The molecule has 0 bridgehead atoms. The molecule has 22 heavy (non-hydrogen) atoms. The molecule has 1 aromatic carbocycles. The van der Waals surface area contributed by atoms with E-state index in [9.17, 15) is 18.5 Å². The van der Waals surface area contributed by atoms with Crippen LogP contribution in [-0.2, 0) is 10.0 Å². The van der Waals surface area contributed by atoms with E-state index in [0.717, 1.165) is 18.9 Å². The van der Waals surface area contributed by atoms with Gasteiger partial charge in [-0.05, 0) is 18.9 Å². The summed E-state index contributed by atoms with van der Waals surface area (Å²) in [6.07, 6.45) is 2.35. The second-order valence-corrected chi connectivity index (χ2v) is 6.95. The van der Waals surface area contributed by atoms with Crippen molar-refractivity contribution in [3.05, 3.63) is 28.3 Å². The van der Waals surface area contributed by atoms with Crippen molar-refractivity contribution in [3.63, 3.8) is 0 Å². The molecule has 1 aromatic rings. The standard InChI is InChI=1S/C13H19N3O5S/c1-21-12-6-5-10(16(17)18)8-13(12)22(19,20)15-7-3-2-4-11(15)9-14/h5-6,8,11H,2-4,7,9,14H2,1H3. The van der Waals surface area contributed by atoms with Gasteiger partial charge in [0.25, 0.3) is 5.69 Å². The summed E-state index contributed by atoms with van der Waals surface area (Å²) in [7, 11) is -2.57. The number of ether oxygens (including phenoxy) is 1. The number of nitrogens with zero attached hydrogens (tertiary/aromatic N) is 2. The van der Waals surface area contributed by atoms with Gasteiger partial charge in [0.2, 0.25) is 10.0 Å². The van der Waals surface area contributed by atoms with Crippen LogP contribution in [-0.4, -0.2) is 43.9 Å². The van der Waals surface area contributed by atoms with E-state index < -0.39 is 14.9 Å². The summed E-state index contributed by atoms with van der Waals surface area (Å²) in [6, 6.07) is 3.26. The fraction of sp³-hybridized carbons (Fsp3) is 0.538. The smallest absolute Gasteiger partial charge is 0.271 e. The number of rotatable bonds is 5. The molecule has 1 aliphatic rings. The Kier molecular flexibility index (Phi) is 4.99. The van der Waals surface area contributed by atoms with Gasteiger partial charge in [0.15, 0.2) is 0 Å². The molecule has 0 aliphatic carbocycles. The molecule has 8 nitrogen and oxygen atoms in total. The molecule has 1 aliphatic heterocycles. The van der Waals surface area contributed by atoms with Gasteiger partial charge in [-0.1, -0.05) is 6.42 Å². The molecule has 2 rings (SSSR count). The monoisotopic (exact) mass is 329 g/mol. The molecule has 0 amide bonds. The minimum atomic E-state index is -3.90. The molecule has 122 valence electrons. The van der Waals surface area contributed by atoms with Crippen molar-refractivity contribution in [2.75, 3.05) is 20.2 Å². The fourth-order valence-electron chi connectivity index (χ4n) is 2.63. The Labute approximate surface area is 129 Å². The van der Waals surface area contributed by atoms with Crippen molar-refractivity contribution in [2.45, 2.75) is 30.2 Å². The van der Waals surface area contributed by atoms with Gasteiger partial charge in [-0.15, -0.1) is 0 Å². The number of nitro benzene ring substituents is 1. The zero-order valence-corrected chi connectivity index (χ0v) is 13.1. The Morgan fingerprint density at radius 3 is 2.77 bits per heavy atom. The second-order valence-electron chi connectivity index (χ2n) is 5.09. The molecule has 0 saturated carbocycles. The Balaban J connectivity index is 2.51. The van der Waals surface area contributed by atoms with E-state index in [1.807, 2.05) is 0 Å². The molecule has 1 heterocycles. The normalized spacial score (nSPS) is 19.8. The number of hydrogen-bond donors (Lipinski definition) is 1. The van der Waals surface area contributed by atoms with Gasteiger partial charge in [0.05, 0.1) is 12.0 Å². The number of nitro groups is 1. The first-order chi connectivity index (χ1) is 10.4. The first kappa shape index (κ1) is 16.7. The lowest BCUT2D eigenvalue weighted by Gasteiger charge is -2.34. The molecule has 2 N–H and O–H groups in total. The predicted molar refractivity (Wildman–Crippen MR) is 80.2 cm³/mol. The van der Waals surface area contributed by atoms with Crippen LogP contribution in [0, 0.1) is 10.1 Å². The van der Waals surface area contributed by atoms with E-state index in [4.69, 9.17) is 10.5 Å². The fourth-order valence-corrected chi connectivity index (χ4v) is 4.51. The zero-order valence-electron chi connectivity index (χ0n) is 12.3. The van der Waals surface area contributed by atoms with Crippen molar-refractivity contribution in [1.29, 1.82) is 0 Å². The SMILES string of the molecule is COc1ccc([N+](=O)[O-])cc1S(=O)(=O)N1CCCCC1CN. The van der Waals surface area contributed by atoms with Crippen molar-refractivity contribution < 1.29 is 18.1 Å². The molecule has 0 aromatic heterocycles. The molecule has 1 saturated heterocycles. The molecule has 1 unspecified atom stereocenters. The van der Waals surface area contributed by atoms with Crippen molar-refractivity contribution in [3.8, 4) is 5.75 Å². The van der Waals surface area contributed by atoms with Gasteiger partial charge in [0.1, 0.15) is 10.6 Å². The summed E-state index contributed by atoms with van der Waals surface area (Å²) >= 11 is 0. The minimum absolute atomic E-state index is 0.0898. The summed E-state index contributed by atoms with van der Waals surface area (Å²) in [5, 5.41) is 10.9. The highest BCUT2D eigenvalue weighted by atomic mass is 32.2. The Morgan fingerprint density at radius 1 is 1.45 bits per heavy atom. The van der Waals surface area contributed by atoms with Crippen LogP contribution >= 0.6 is 0 Å². The summed E-state index contributed by atoms with van der Waals surface area (Å²) in [6.45, 7) is 0.576. The van der Waals surface area contributed by atoms with Gasteiger partial charge in [-0.25, -0.2) is 8.42 Å². The van der Waals surface area contributed by atoms with Gasteiger partial charge >= 0.3 is 0 Å². The van der Waals surface area contributed by atoms with E-state index in [2.05, 4.69) is 0 Å². The van der Waals surface area contributed by atoms with Crippen LogP contribution in [0.1, 0.15) is 19.3 Å². The second kappa shape index (κ2) is 6.59. The van der Waals surface area contributed by atoms with Crippen LogP contribution in [0.15, 0.2) is 23.1 Å². The number of hydrogen-bond acceptors (Lipinski definition) is 6. The summed E-state index contributed by atoms with van der Waals surface area (Å²) < 4.78 is 32.2. The van der Waals surface area contributed by atoms with E-state index >= 15 is 0 Å². The molecule has 1 atom stereocenters. The van der Waals surface area contributed by atoms with E-state index in [1.54, 1.807) is 0 Å². The molecule has 9 heteroatoms. The molecular weight excluding hydrogens is 310 g/mol. The topological polar surface area (TPSA) is 116 Å². The highest BCUT2D eigenvalue weighted by molar-refractivity contribution is 7.89. The number of benzene rings is 1. The van der Waals surface area contributed by atoms with Crippen molar-refractivity contribution >= 4 is 15.7 Å². The van der Waals surface area contributed by atoms with Gasteiger partial charge < -0.3 is 10.5 Å². The Hall–Kier alpha value is -1.71. The van der Waals surface area contributed by atoms with E-state index in [1.165, 1.54) is 23.5 Å². The zero-order chi connectivity index (χ0) is 16.3. The van der Waals surface area contributed by atoms with E-state index in [0.29, 0.717) is 13.0 Å². The van der Waals surface area contributed by atoms with Crippen LogP contribution in [0.4, 0.5) is 5.69 Å². The quantitative estimate of drug-likeness (QED) is 0.639. The maximum atomic E-state index is 12.9. The largest absolute Gasteiger partial charge is 0.495 e. The first-order valence-electron chi connectivity index (χ1n) is 6.96. The van der Waals surface area contributed by atoms with Crippen LogP contribution in [0.2, 0.25) is 0 Å². The average molecular weight is 329 g/mol. The van der Waals surface area contributed by atoms with Crippen LogP contribution in [0.25, 0.3) is 0 Å². The van der Waals surface area contributed by atoms with E-state index in [-0.39, 0.29) is 28.9 Å². The summed E-state index contributed by atoms with van der Waals surface area (Å²) in [4.78, 5) is 10.1. The number of nitrogens with two attached hydrogens (primary N) is 1. The number of sulfonamides is 1. The Morgan fingerprint density at radius 2 is 2.18 bits per heavy atom. The summed E-state index contributed by atoms with van der Waals surface area (Å²) in [5.74, 6) is 0.0898.